The Morgan fingerprint density at radius 3 is 2.79 bits per heavy atom. The molecule has 0 saturated carbocycles. The Labute approximate surface area is 125 Å². The highest BCUT2D eigenvalue weighted by molar-refractivity contribution is 7.09. The lowest BCUT2D eigenvalue weighted by atomic mass is 10.1. The number of nitrogens with one attached hydrogen (secondary N) is 1. The number of thiophene rings is 1. The molecule has 19 heavy (non-hydrogen) atoms. The van der Waals surface area contributed by atoms with Gasteiger partial charge in [0.15, 0.2) is 0 Å². The van der Waals surface area contributed by atoms with Gasteiger partial charge in [0.1, 0.15) is 6.04 Å². The number of hydrogen-bond donors (Lipinski definition) is 2. The third kappa shape index (κ3) is 3.70. The summed E-state index contributed by atoms with van der Waals surface area (Å²) in [5.74, 6) is -0.485. The van der Waals surface area contributed by atoms with Crippen molar-refractivity contribution in [3.05, 3.63) is 56.2 Å². The summed E-state index contributed by atoms with van der Waals surface area (Å²) in [6.45, 7) is 0.550. The largest absolute Gasteiger partial charge is 0.368 e. The second-order valence-corrected chi connectivity index (χ2v) is 5.84. The summed E-state index contributed by atoms with van der Waals surface area (Å²) in [4.78, 5) is 12.7. The van der Waals surface area contributed by atoms with Crippen molar-refractivity contribution in [1.29, 1.82) is 0 Å². The maximum atomic E-state index is 11.6. The molecule has 100 valence electrons. The first kappa shape index (κ1) is 14.3. The van der Waals surface area contributed by atoms with Crippen molar-refractivity contribution >= 4 is 40.4 Å². The smallest absolute Gasteiger partial charge is 0.239 e. The van der Waals surface area contributed by atoms with E-state index in [-0.39, 0.29) is 0 Å². The van der Waals surface area contributed by atoms with Crippen molar-refractivity contribution in [2.75, 3.05) is 0 Å². The summed E-state index contributed by atoms with van der Waals surface area (Å²) < 4.78 is 0. The zero-order valence-electron chi connectivity index (χ0n) is 9.90. The molecular weight excluding hydrogens is 303 g/mol. The Morgan fingerprint density at radius 2 is 2.16 bits per heavy atom. The molecule has 1 aromatic carbocycles. The van der Waals surface area contributed by atoms with Crippen LogP contribution >= 0.6 is 34.5 Å². The van der Waals surface area contributed by atoms with Crippen LogP contribution in [0.1, 0.15) is 16.5 Å². The average molecular weight is 315 g/mol. The fourth-order valence-corrected chi connectivity index (χ4v) is 2.78. The van der Waals surface area contributed by atoms with E-state index in [1.165, 1.54) is 0 Å². The van der Waals surface area contributed by atoms with Crippen LogP contribution in [-0.2, 0) is 11.3 Å². The Bertz CT molecular complexity index is 572. The second kappa shape index (κ2) is 6.39. The normalized spacial score (nSPS) is 12.3. The molecule has 0 saturated heterocycles. The van der Waals surface area contributed by atoms with Gasteiger partial charge in [-0.2, -0.15) is 0 Å². The van der Waals surface area contributed by atoms with Crippen molar-refractivity contribution in [2.45, 2.75) is 12.6 Å². The summed E-state index contributed by atoms with van der Waals surface area (Å²) in [7, 11) is 0. The van der Waals surface area contributed by atoms with E-state index in [9.17, 15) is 4.79 Å². The van der Waals surface area contributed by atoms with E-state index < -0.39 is 11.9 Å². The number of primary amides is 1. The van der Waals surface area contributed by atoms with Gasteiger partial charge in [-0.05, 0) is 35.2 Å². The number of hydrogen-bond acceptors (Lipinski definition) is 3. The molecule has 0 aliphatic carbocycles. The summed E-state index contributed by atoms with van der Waals surface area (Å²) in [5, 5.41) is 6.06. The number of carbonyl (C=O) groups excluding carboxylic acids is 1. The molecule has 2 rings (SSSR count). The molecule has 2 aromatic rings. The lowest BCUT2D eigenvalue weighted by Gasteiger charge is -2.17. The van der Waals surface area contributed by atoms with Crippen LogP contribution in [0.25, 0.3) is 0 Å². The second-order valence-electron chi connectivity index (χ2n) is 3.96. The van der Waals surface area contributed by atoms with E-state index in [1.54, 1.807) is 29.5 Å². The third-order valence-electron chi connectivity index (χ3n) is 2.61. The Kier molecular flexibility index (Phi) is 4.82. The van der Waals surface area contributed by atoms with Crippen LogP contribution in [0.3, 0.4) is 0 Å². The molecule has 1 atom stereocenters. The number of nitrogens with two attached hydrogens (primary N) is 1. The highest BCUT2D eigenvalue weighted by Crippen LogP contribution is 2.26. The first-order chi connectivity index (χ1) is 9.08. The van der Waals surface area contributed by atoms with E-state index >= 15 is 0 Å². The molecule has 0 fully saturated rings. The van der Waals surface area contributed by atoms with Crippen molar-refractivity contribution in [3.63, 3.8) is 0 Å². The number of amides is 1. The van der Waals surface area contributed by atoms with E-state index in [0.717, 1.165) is 4.88 Å². The zero-order chi connectivity index (χ0) is 13.8. The summed E-state index contributed by atoms with van der Waals surface area (Å²) in [5.41, 5.74) is 6.02. The molecule has 1 unspecified atom stereocenters. The highest BCUT2D eigenvalue weighted by Gasteiger charge is 2.20. The lowest BCUT2D eigenvalue weighted by Crippen LogP contribution is -2.33. The van der Waals surface area contributed by atoms with Crippen molar-refractivity contribution in [3.8, 4) is 0 Å². The van der Waals surface area contributed by atoms with Gasteiger partial charge in [0.05, 0.1) is 0 Å². The van der Waals surface area contributed by atoms with Crippen molar-refractivity contribution < 1.29 is 4.79 Å². The molecular formula is C13H12Cl2N2OS. The van der Waals surface area contributed by atoms with Crippen molar-refractivity contribution in [1.82, 2.24) is 5.32 Å². The van der Waals surface area contributed by atoms with Crippen LogP contribution in [0.4, 0.5) is 0 Å². The number of rotatable bonds is 5. The molecule has 1 heterocycles. The minimum absolute atomic E-state index is 0.465. The minimum Gasteiger partial charge on any atom is -0.368 e. The third-order valence-corrected chi connectivity index (χ3v) is 4.07. The molecule has 3 N–H and O–H groups in total. The Hall–Kier alpha value is -1.07. The van der Waals surface area contributed by atoms with E-state index in [2.05, 4.69) is 5.32 Å². The van der Waals surface area contributed by atoms with Crippen LogP contribution < -0.4 is 11.1 Å². The molecule has 3 nitrogen and oxygen atoms in total. The van der Waals surface area contributed by atoms with Crippen LogP contribution in [0.5, 0.6) is 0 Å². The molecule has 0 aliphatic heterocycles. The van der Waals surface area contributed by atoms with Crippen LogP contribution in [-0.4, -0.2) is 5.91 Å². The van der Waals surface area contributed by atoms with Crippen LogP contribution in [0.2, 0.25) is 10.0 Å². The van der Waals surface area contributed by atoms with Crippen LogP contribution in [0, 0.1) is 0 Å². The quantitative estimate of drug-likeness (QED) is 0.889. The summed E-state index contributed by atoms with van der Waals surface area (Å²) in [6, 6.07) is 8.25. The molecule has 0 bridgehead atoms. The zero-order valence-corrected chi connectivity index (χ0v) is 12.2. The van der Waals surface area contributed by atoms with Gasteiger partial charge >= 0.3 is 0 Å². The monoisotopic (exact) mass is 314 g/mol. The van der Waals surface area contributed by atoms with Gasteiger partial charge in [0.25, 0.3) is 0 Å². The van der Waals surface area contributed by atoms with Gasteiger partial charge in [0, 0.05) is 21.5 Å². The van der Waals surface area contributed by atoms with E-state index in [1.807, 2.05) is 17.5 Å². The van der Waals surface area contributed by atoms with Gasteiger partial charge in [-0.25, -0.2) is 0 Å². The van der Waals surface area contributed by atoms with E-state index in [0.29, 0.717) is 22.2 Å². The minimum atomic E-state index is -0.659. The molecule has 0 aliphatic rings. The van der Waals surface area contributed by atoms with Gasteiger partial charge in [-0.1, -0.05) is 29.3 Å². The topological polar surface area (TPSA) is 55.1 Å². The molecule has 0 spiro atoms. The maximum absolute atomic E-state index is 11.6. The first-order valence-electron chi connectivity index (χ1n) is 5.58. The Morgan fingerprint density at radius 1 is 1.37 bits per heavy atom. The fraction of sp³-hybridized carbons (Fsp3) is 0.154. The summed E-state index contributed by atoms with van der Waals surface area (Å²) in [6.07, 6.45) is 0. The first-order valence-corrected chi connectivity index (χ1v) is 7.21. The van der Waals surface area contributed by atoms with Gasteiger partial charge < -0.3 is 5.73 Å². The predicted molar refractivity (Wildman–Crippen MR) is 79.6 cm³/mol. The predicted octanol–water partition coefficient (Wildman–Crippen LogP) is 3.37. The Balaban J connectivity index is 2.20. The maximum Gasteiger partial charge on any atom is 0.239 e. The standard InChI is InChI=1S/C13H12Cl2N2OS/c14-8-3-4-11(15)10(6-8)12(13(16)18)17-7-9-2-1-5-19-9/h1-6,12,17H,7H2,(H2,16,18). The molecule has 0 radical (unpaired) electrons. The highest BCUT2D eigenvalue weighted by atomic mass is 35.5. The van der Waals surface area contributed by atoms with Crippen molar-refractivity contribution in [2.24, 2.45) is 5.73 Å². The van der Waals surface area contributed by atoms with E-state index in [4.69, 9.17) is 28.9 Å². The number of carbonyl (C=O) groups is 1. The molecule has 1 aromatic heterocycles. The van der Waals surface area contributed by atoms with Gasteiger partial charge in [-0.3, -0.25) is 10.1 Å². The molecule has 1 amide bonds. The number of halogens is 2. The van der Waals surface area contributed by atoms with Gasteiger partial charge in [-0.15, -0.1) is 11.3 Å². The average Bonchev–Trinajstić information content (AvgIpc) is 2.86. The lowest BCUT2D eigenvalue weighted by molar-refractivity contribution is -0.120. The SMILES string of the molecule is NC(=O)C(NCc1cccs1)c1cc(Cl)ccc1Cl. The number of benzene rings is 1. The van der Waals surface area contributed by atoms with Gasteiger partial charge in [0.2, 0.25) is 5.91 Å². The summed E-state index contributed by atoms with van der Waals surface area (Å²) >= 11 is 13.6. The molecule has 6 heteroatoms. The van der Waals surface area contributed by atoms with Crippen LogP contribution in [0.15, 0.2) is 35.7 Å². The fourth-order valence-electron chi connectivity index (χ4n) is 1.72.